The summed E-state index contributed by atoms with van der Waals surface area (Å²) in [6, 6.07) is 12.5. The van der Waals surface area contributed by atoms with E-state index in [-0.39, 0.29) is 30.1 Å². The third-order valence-electron chi connectivity index (χ3n) is 5.14. The molecule has 3 unspecified atom stereocenters. The molecular formula is C19H23N3O5S. The van der Waals surface area contributed by atoms with E-state index in [1.54, 1.807) is 18.2 Å². The zero-order valence-corrected chi connectivity index (χ0v) is 15.8. The van der Waals surface area contributed by atoms with Crippen LogP contribution in [0.4, 0.5) is 5.69 Å². The van der Waals surface area contributed by atoms with E-state index in [9.17, 15) is 24.1 Å². The molecule has 0 aromatic heterocycles. The van der Waals surface area contributed by atoms with Gasteiger partial charge < -0.3 is 20.3 Å². The number of anilines is 1. The lowest BCUT2D eigenvalue weighted by molar-refractivity contribution is -0.110. The third kappa shape index (κ3) is 3.60. The minimum atomic E-state index is -3.37. The molecule has 3 atom stereocenters. The number of carbonyl (C=O) groups is 1. The maximum Gasteiger partial charge on any atom is 0.142 e. The number of fused-ring (bicyclic) bond motifs is 1. The lowest BCUT2D eigenvalue weighted by atomic mass is 9.88. The second kappa shape index (κ2) is 7.36. The van der Waals surface area contributed by atoms with Crippen molar-refractivity contribution >= 4 is 22.9 Å². The summed E-state index contributed by atoms with van der Waals surface area (Å²) >= 11 is 0. The monoisotopic (exact) mass is 405 g/mol. The fourth-order valence-electron chi connectivity index (χ4n) is 3.91. The predicted molar refractivity (Wildman–Crippen MR) is 107 cm³/mol. The molecule has 2 heterocycles. The number of carbonyl (C=O) groups excluding carboxylic acids is 1. The van der Waals surface area contributed by atoms with Crippen LogP contribution in [0.5, 0.6) is 5.75 Å². The Kier molecular flexibility index (Phi) is 5.04. The Morgan fingerprint density at radius 3 is 2.68 bits per heavy atom. The molecule has 0 aliphatic carbocycles. The van der Waals surface area contributed by atoms with Crippen molar-refractivity contribution in [2.45, 2.75) is 31.2 Å². The molecule has 6 N–H and O–H groups in total. The Morgan fingerprint density at radius 1 is 1.21 bits per heavy atom. The van der Waals surface area contributed by atoms with Gasteiger partial charge in [-0.2, -0.15) is 4.72 Å². The first kappa shape index (κ1) is 19.2. The first-order valence-electron chi connectivity index (χ1n) is 8.99. The average Bonchev–Trinajstić information content (AvgIpc) is 2.93. The molecule has 1 fully saturated rings. The molecule has 28 heavy (non-hydrogen) atoms. The number of aliphatic hydroxyl groups is 1. The van der Waals surface area contributed by atoms with Crippen LogP contribution < -0.4 is 14.3 Å². The van der Waals surface area contributed by atoms with E-state index in [1.807, 2.05) is 24.3 Å². The van der Waals surface area contributed by atoms with Gasteiger partial charge in [-0.3, -0.25) is 13.4 Å². The lowest BCUT2D eigenvalue weighted by Crippen LogP contribution is -2.41. The maximum atomic E-state index is 11.5. The van der Waals surface area contributed by atoms with Crippen LogP contribution in [0.15, 0.2) is 42.5 Å². The second-order valence-electron chi connectivity index (χ2n) is 7.12. The van der Waals surface area contributed by atoms with Gasteiger partial charge in [0.05, 0.1) is 12.6 Å². The minimum Gasteiger partial charge on any atom is -0.506 e. The SMILES string of the molecule is O=CC1NC(Cc2ccc(N3CC(O)NS3(O)O)c(O)c2)Cc2ccccc21. The highest BCUT2D eigenvalue weighted by atomic mass is 32.3. The van der Waals surface area contributed by atoms with Crippen molar-refractivity contribution in [3.8, 4) is 5.75 Å². The standard InChI is InChI=1S/C19H23N3O5S/c23-11-16-15-4-2-1-3-13(15)9-14(20-16)7-12-5-6-17(18(24)8-12)22-10-19(25)21-28(22,26)27/h1-6,8,11,14,16,19-21,24-27H,7,9-10H2. The fraction of sp³-hybridized carbons (Fsp3) is 0.316. The lowest BCUT2D eigenvalue weighted by Gasteiger charge is -2.37. The number of hydrogen-bond donors (Lipinski definition) is 6. The van der Waals surface area contributed by atoms with E-state index >= 15 is 0 Å². The van der Waals surface area contributed by atoms with Crippen molar-refractivity contribution < 1.29 is 24.1 Å². The summed E-state index contributed by atoms with van der Waals surface area (Å²) in [4.78, 5) is 11.5. The Labute approximate surface area is 164 Å². The summed E-state index contributed by atoms with van der Waals surface area (Å²) in [5.74, 6) is -0.100. The van der Waals surface area contributed by atoms with Gasteiger partial charge in [-0.05, 0) is 41.7 Å². The maximum absolute atomic E-state index is 11.5. The molecule has 0 bridgehead atoms. The number of hydrogen-bond acceptors (Lipinski definition) is 8. The van der Waals surface area contributed by atoms with Crippen LogP contribution in [-0.2, 0) is 17.6 Å². The smallest absolute Gasteiger partial charge is 0.142 e. The molecule has 2 aliphatic heterocycles. The Balaban J connectivity index is 1.52. The zero-order valence-electron chi connectivity index (χ0n) is 15.0. The number of rotatable bonds is 4. The van der Waals surface area contributed by atoms with Crippen LogP contribution >= 0.6 is 11.0 Å². The Morgan fingerprint density at radius 2 is 2.00 bits per heavy atom. The van der Waals surface area contributed by atoms with Gasteiger partial charge in [0.25, 0.3) is 0 Å². The molecule has 0 spiro atoms. The summed E-state index contributed by atoms with van der Waals surface area (Å²) in [6.07, 6.45) is 1.19. The number of phenolic OH excluding ortho intramolecular Hbond substituents is 1. The first-order chi connectivity index (χ1) is 13.4. The average molecular weight is 405 g/mol. The van der Waals surface area contributed by atoms with Crippen LogP contribution in [0.2, 0.25) is 0 Å². The van der Waals surface area contributed by atoms with Crippen LogP contribution in [0.25, 0.3) is 0 Å². The fourth-order valence-corrected chi connectivity index (χ4v) is 5.25. The van der Waals surface area contributed by atoms with Gasteiger partial charge in [-0.25, -0.2) is 0 Å². The van der Waals surface area contributed by atoms with E-state index in [2.05, 4.69) is 10.0 Å². The van der Waals surface area contributed by atoms with Gasteiger partial charge in [-0.15, -0.1) is 0 Å². The predicted octanol–water partition coefficient (Wildman–Crippen LogP) is 1.70. The molecule has 9 heteroatoms. The van der Waals surface area contributed by atoms with Crippen molar-refractivity contribution in [2.75, 3.05) is 10.8 Å². The number of β-amino-alcohol motifs (C(OH)–C–C–N with tert-alkyl or cyclic N) is 1. The normalized spacial score (nSPS) is 27.2. The molecule has 0 radical (unpaired) electrons. The topological polar surface area (TPSA) is 125 Å². The van der Waals surface area contributed by atoms with Crippen molar-refractivity contribution in [1.82, 2.24) is 10.0 Å². The highest BCUT2D eigenvalue weighted by molar-refractivity contribution is 8.24. The molecule has 0 saturated carbocycles. The van der Waals surface area contributed by atoms with Gasteiger partial charge in [0.1, 0.15) is 24.0 Å². The molecular weight excluding hydrogens is 382 g/mol. The number of aldehydes is 1. The third-order valence-corrected chi connectivity index (χ3v) is 6.69. The molecule has 150 valence electrons. The van der Waals surface area contributed by atoms with Crippen LogP contribution in [0, 0.1) is 0 Å². The van der Waals surface area contributed by atoms with E-state index in [0.29, 0.717) is 6.42 Å². The minimum absolute atomic E-state index is 0.0334. The van der Waals surface area contributed by atoms with Crippen LogP contribution in [0.1, 0.15) is 22.7 Å². The molecule has 2 aliphatic rings. The Hall–Kier alpha value is -2.14. The van der Waals surface area contributed by atoms with Crippen molar-refractivity contribution in [2.24, 2.45) is 0 Å². The van der Waals surface area contributed by atoms with E-state index in [4.69, 9.17) is 0 Å². The molecule has 2 aromatic rings. The zero-order chi connectivity index (χ0) is 19.9. The van der Waals surface area contributed by atoms with Crippen LogP contribution in [0.3, 0.4) is 0 Å². The first-order valence-corrected chi connectivity index (χ1v) is 10.5. The highest BCUT2D eigenvalue weighted by Gasteiger charge is 2.36. The molecule has 4 rings (SSSR count). The van der Waals surface area contributed by atoms with E-state index in [0.717, 1.165) is 33.7 Å². The van der Waals surface area contributed by atoms with E-state index in [1.165, 1.54) is 0 Å². The van der Waals surface area contributed by atoms with Crippen LogP contribution in [-0.4, -0.2) is 44.4 Å². The van der Waals surface area contributed by atoms with Crippen molar-refractivity contribution in [3.63, 3.8) is 0 Å². The molecule has 2 aromatic carbocycles. The molecule has 1 saturated heterocycles. The van der Waals surface area contributed by atoms with Crippen molar-refractivity contribution in [1.29, 1.82) is 0 Å². The second-order valence-corrected chi connectivity index (χ2v) is 8.84. The highest BCUT2D eigenvalue weighted by Crippen LogP contribution is 2.49. The van der Waals surface area contributed by atoms with Gasteiger partial charge in [0, 0.05) is 6.04 Å². The summed E-state index contributed by atoms with van der Waals surface area (Å²) < 4.78 is 23.5. The van der Waals surface area contributed by atoms with Gasteiger partial charge in [0.15, 0.2) is 0 Å². The number of benzene rings is 2. The largest absolute Gasteiger partial charge is 0.506 e. The van der Waals surface area contributed by atoms with E-state index < -0.39 is 17.2 Å². The summed E-state index contributed by atoms with van der Waals surface area (Å²) in [5, 5.41) is 23.4. The molecule has 0 amide bonds. The summed E-state index contributed by atoms with van der Waals surface area (Å²) in [7, 11) is -3.37. The summed E-state index contributed by atoms with van der Waals surface area (Å²) in [5.41, 5.74) is 3.22. The van der Waals surface area contributed by atoms with Gasteiger partial charge in [0.2, 0.25) is 0 Å². The number of nitrogens with zero attached hydrogens (tertiary/aromatic N) is 1. The van der Waals surface area contributed by atoms with Crippen molar-refractivity contribution in [3.05, 3.63) is 59.2 Å². The quantitative estimate of drug-likeness (QED) is 0.425. The number of nitrogens with one attached hydrogen (secondary N) is 2. The molecule has 8 nitrogen and oxygen atoms in total. The number of aliphatic hydroxyl groups excluding tert-OH is 1. The van der Waals surface area contributed by atoms with Gasteiger partial charge in [-0.1, -0.05) is 41.3 Å². The Bertz CT molecular complexity index is 894. The van der Waals surface area contributed by atoms with Gasteiger partial charge >= 0.3 is 0 Å². The summed E-state index contributed by atoms with van der Waals surface area (Å²) in [6.45, 7) is -0.0444. The number of aromatic hydroxyl groups is 1. The number of phenols is 1.